The quantitative estimate of drug-likeness (QED) is 0.755. The summed E-state index contributed by atoms with van der Waals surface area (Å²) >= 11 is 1.86. The SMILES string of the molecule is Cc1cc(CN(Cc2ccncc2)Cc2ccc(C)s2)n[nH]1. The molecule has 0 unspecified atom stereocenters. The summed E-state index contributed by atoms with van der Waals surface area (Å²) < 4.78 is 0. The standard InChI is InChI=1S/C17H20N4S/c1-13-9-16(20-19-13)11-21(10-15-5-7-18-8-6-15)12-17-4-3-14(2)22-17/h3-9H,10-12H2,1-2H3,(H,19,20). The minimum atomic E-state index is 0.837. The van der Waals surface area contributed by atoms with Crippen molar-refractivity contribution in [3.05, 3.63) is 69.4 Å². The van der Waals surface area contributed by atoms with Crippen LogP contribution >= 0.6 is 11.3 Å². The Morgan fingerprint density at radius 2 is 1.86 bits per heavy atom. The Morgan fingerprint density at radius 3 is 2.50 bits per heavy atom. The summed E-state index contributed by atoms with van der Waals surface area (Å²) in [5, 5.41) is 7.39. The summed E-state index contributed by atoms with van der Waals surface area (Å²) in [5.41, 5.74) is 3.46. The summed E-state index contributed by atoms with van der Waals surface area (Å²) in [7, 11) is 0. The van der Waals surface area contributed by atoms with Gasteiger partial charge in [-0.05, 0) is 49.7 Å². The summed E-state index contributed by atoms with van der Waals surface area (Å²) in [5.74, 6) is 0. The first-order chi connectivity index (χ1) is 10.7. The summed E-state index contributed by atoms with van der Waals surface area (Å²) in [6, 6.07) is 10.7. The minimum Gasteiger partial charge on any atom is -0.288 e. The fourth-order valence-electron chi connectivity index (χ4n) is 2.49. The molecular formula is C17H20N4S. The van der Waals surface area contributed by atoms with Crippen molar-refractivity contribution in [3.63, 3.8) is 0 Å². The second-order valence-corrected chi connectivity index (χ2v) is 6.93. The second-order valence-electron chi connectivity index (χ2n) is 5.56. The normalized spacial score (nSPS) is 11.2. The highest BCUT2D eigenvalue weighted by atomic mass is 32.1. The Kier molecular flexibility index (Phi) is 4.65. The van der Waals surface area contributed by atoms with Crippen LogP contribution in [0.25, 0.3) is 0 Å². The van der Waals surface area contributed by atoms with Gasteiger partial charge >= 0.3 is 0 Å². The zero-order chi connectivity index (χ0) is 15.4. The van der Waals surface area contributed by atoms with E-state index in [2.05, 4.69) is 57.3 Å². The number of nitrogens with one attached hydrogen (secondary N) is 1. The van der Waals surface area contributed by atoms with Crippen LogP contribution in [-0.4, -0.2) is 20.1 Å². The Hall–Kier alpha value is -1.98. The van der Waals surface area contributed by atoms with Gasteiger partial charge in [-0.25, -0.2) is 0 Å². The average Bonchev–Trinajstić information content (AvgIpc) is 3.09. The zero-order valence-corrected chi connectivity index (χ0v) is 13.7. The molecule has 1 N–H and O–H groups in total. The van der Waals surface area contributed by atoms with E-state index in [1.54, 1.807) is 0 Å². The van der Waals surface area contributed by atoms with Crippen LogP contribution in [0.3, 0.4) is 0 Å². The number of nitrogens with zero attached hydrogens (tertiary/aromatic N) is 3. The fraction of sp³-hybridized carbons (Fsp3) is 0.294. The van der Waals surface area contributed by atoms with E-state index in [1.807, 2.05) is 30.7 Å². The molecule has 0 amide bonds. The summed E-state index contributed by atoms with van der Waals surface area (Å²) in [4.78, 5) is 9.25. The first kappa shape index (κ1) is 14.9. The van der Waals surface area contributed by atoms with E-state index in [9.17, 15) is 0 Å². The van der Waals surface area contributed by atoms with E-state index >= 15 is 0 Å². The Labute approximate surface area is 134 Å². The van der Waals surface area contributed by atoms with Crippen molar-refractivity contribution < 1.29 is 0 Å². The molecule has 0 atom stereocenters. The third-order valence-electron chi connectivity index (χ3n) is 3.48. The molecule has 0 fully saturated rings. The van der Waals surface area contributed by atoms with Gasteiger partial charge < -0.3 is 0 Å². The van der Waals surface area contributed by atoms with Gasteiger partial charge in [0.05, 0.1) is 5.69 Å². The molecule has 3 aromatic heterocycles. The Bertz CT molecular complexity index is 675. The number of rotatable bonds is 6. The molecule has 0 saturated carbocycles. The molecular weight excluding hydrogens is 292 g/mol. The fourth-order valence-corrected chi connectivity index (χ4v) is 3.42. The lowest BCUT2D eigenvalue weighted by molar-refractivity contribution is 0.247. The number of hydrogen-bond donors (Lipinski definition) is 1. The van der Waals surface area contributed by atoms with Crippen LogP contribution in [0.4, 0.5) is 0 Å². The van der Waals surface area contributed by atoms with Crippen LogP contribution in [0.5, 0.6) is 0 Å². The number of thiophene rings is 1. The molecule has 114 valence electrons. The lowest BCUT2D eigenvalue weighted by atomic mass is 10.2. The van der Waals surface area contributed by atoms with Crippen molar-refractivity contribution in [3.8, 4) is 0 Å². The van der Waals surface area contributed by atoms with E-state index in [0.29, 0.717) is 0 Å². The molecule has 0 aliphatic carbocycles. The smallest absolute Gasteiger partial charge is 0.0765 e. The predicted octanol–water partition coefficient (Wildman–Crippen LogP) is 3.69. The third-order valence-corrected chi connectivity index (χ3v) is 4.46. The van der Waals surface area contributed by atoms with Crippen molar-refractivity contribution in [1.82, 2.24) is 20.1 Å². The van der Waals surface area contributed by atoms with E-state index in [-0.39, 0.29) is 0 Å². The second kappa shape index (κ2) is 6.85. The molecule has 0 aliphatic rings. The van der Waals surface area contributed by atoms with Gasteiger partial charge in [-0.15, -0.1) is 11.3 Å². The van der Waals surface area contributed by atoms with Crippen LogP contribution in [0, 0.1) is 13.8 Å². The topological polar surface area (TPSA) is 44.8 Å². The highest BCUT2D eigenvalue weighted by molar-refractivity contribution is 7.11. The molecule has 0 radical (unpaired) electrons. The van der Waals surface area contributed by atoms with E-state index < -0.39 is 0 Å². The van der Waals surface area contributed by atoms with E-state index in [4.69, 9.17) is 0 Å². The predicted molar refractivity (Wildman–Crippen MR) is 89.6 cm³/mol. The van der Waals surface area contributed by atoms with Gasteiger partial charge in [0, 0.05) is 47.5 Å². The highest BCUT2D eigenvalue weighted by Crippen LogP contribution is 2.19. The first-order valence-electron chi connectivity index (χ1n) is 7.36. The molecule has 4 nitrogen and oxygen atoms in total. The van der Waals surface area contributed by atoms with Gasteiger partial charge in [-0.3, -0.25) is 15.0 Å². The number of pyridine rings is 1. The maximum atomic E-state index is 4.37. The summed E-state index contributed by atoms with van der Waals surface area (Å²) in [6.07, 6.45) is 3.70. The molecule has 22 heavy (non-hydrogen) atoms. The van der Waals surface area contributed by atoms with Crippen molar-refractivity contribution in [1.29, 1.82) is 0 Å². The highest BCUT2D eigenvalue weighted by Gasteiger charge is 2.11. The molecule has 0 bridgehead atoms. The summed E-state index contributed by atoms with van der Waals surface area (Å²) in [6.45, 7) is 6.85. The van der Waals surface area contributed by atoms with Crippen LogP contribution in [-0.2, 0) is 19.6 Å². The van der Waals surface area contributed by atoms with Crippen LogP contribution in [0.15, 0.2) is 42.7 Å². The van der Waals surface area contributed by atoms with Crippen LogP contribution in [0.1, 0.15) is 26.7 Å². The van der Waals surface area contributed by atoms with Crippen molar-refractivity contribution >= 4 is 11.3 Å². The lowest BCUT2D eigenvalue weighted by Crippen LogP contribution is -2.22. The van der Waals surface area contributed by atoms with Gasteiger partial charge in [0.2, 0.25) is 0 Å². The number of aryl methyl sites for hydroxylation is 2. The maximum Gasteiger partial charge on any atom is 0.0765 e. The zero-order valence-electron chi connectivity index (χ0n) is 12.9. The molecule has 0 spiro atoms. The lowest BCUT2D eigenvalue weighted by Gasteiger charge is -2.20. The Morgan fingerprint density at radius 1 is 1.05 bits per heavy atom. The molecule has 3 heterocycles. The average molecular weight is 312 g/mol. The monoisotopic (exact) mass is 312 g/mol. The van der Waals surface area contributed by atoms with Crippen LogP contribution < -0.4 is 0 Å². The Balaban J connectivity index is 1.75. The van der Waals surface area contributed by atoms with E-state index in [0.717, 1.165) is 31.0 Å². The van der Waals surface area contributed by atoms with Crippen molar-refractivity contribution in [2.45, 2.75) is 33.5 Å². The largest absolute Gasteiger partial charge is 0.288 e. The van der Waals surface area contributed by atoms with Gasteiger partial charge in [0.1, 0.15) is 0 Å². The van der Waals surface area contributed by atoms with Crippen LogP contribution in [0.2, 0.25) is 0 Å². The molecule has 0 aromatic carbocycles. The maximum absolute atomic E-state index is 4.37. The number of H-pyrrole nitrogens is 1. The van der Waals surface area contributed by atoms with Gasteiger partial charge in [-0.2, -0.15) is 5.10 Å². The van der Waals surface area contributed by atoms with Gasteiger partial charge in [0.15, 0.2) is 0 Å². The molecule has 3 aromatic rings. The van der Waals surface area contributed by atoms with Gasteiger partial charge in [0.25, 0.3) is 0 Å². The van der Waals surface area contributed by atoms with Crippen molar-refractivity contribution in [2.24, 2.45) is 0 Å². The number of aromatic amines is 1. The molecule has 0 saturated heterocycles. The number of hydrogen-bond acceptors (Lipinski definition) is 4. The van der Waals surface area contributed by atoms with Gasteiger partial charge in [-0.1, -0.05) is 0 Å². The molecule has 0 aliphatic heterocycles. The molecule has 3 rings (SSSR count). The first-order valence-corrected chi connectivity index (χ1v) is 8.18. The minimum absolute atomic E-state index is 0.837. The van der Waals surface area contributed by atoms with E-state index in [1.165, 1.54) is 15.3 Å². The molecule has 5 heteroatoms. The third kappa shape index (κ3) is 4.02. The number of aromatic nitrogens is 3. The van der Waals surface area contributed by atoms with Crippen molar-refractivity contribution in [2.75, 3.05) is 0 Å².